The molecule has 0 spiro atoms. The Morgan fingerprint density at radius 3 is 3.04 bits per heavy atom. The summed E-state index contributed by atoms with van der Waals surface area (Å²) in [6.07, 6.45) is 5.98. The van der Waals surface area contributed by atoms with Crippen LogP contribution in [0.3, 0.4) is 0 Å². The number of carbonyl (C=O) groups is 1. The summed E-state index contributed by atoms with van der Waals surface area (Å²) in [6.45, 7) is 4.68. The molecule has 0 bridgehead atoms. The Balaban J connectivity index is 1.81. The van der Waals surface area contributed by atoms with Crippen molar-refractivity contribution in [3.05, 3.63) is 48.0 Å². The summed E-state index contributed by atoms with van der Waals surface area (Å²) in [6, 6.07) is 7.95. The smallest absolute Gasteiger partial charge is 0.313 e. The van der Waals surface area contributed by atoms with Crippen molar-refractivity contribution in [1.29, 1.82) is 0 Å². The van der Waals surface area contributed by atoms with Gasteiger partial charge in [-0.15, -0.1) is 0 Å². The van der Waals surface area contributed by atoms with E-state index in [1.165, 1.54) is 0 Å². The largest absolute Gasteiger partial charge is 0.497 e. The van der Waals surface area contributed by atoms with Crippen LogP contribution in [0.2, 0.25) is 0 Å². The molecule has 0 radical (unpaired) electrons. The Labute approximate surface area is 154 Å². The molecule has 1 fully saturated rings. The first-order chi connectivity index (χ1) is 12.6. The monoisotopic (exact) mass is 357 g/mol. The van der Waals surface area contributed by atoms with E-state index in [1.54, 1.807) is 13.4 Å². The lowest BCUT2D eigenvalue weighted by molar-refractivity contribution is -0.159. The summed E-state index contributed by atoms with van der Waals surface area (Å²) in [5.41, 5.74) is 1.63. The van der Waals surface area contributed by atoms with E-state index in [9.17, 15) is 4.79 Å². The van der Waals surface area contributed by atoms with Crippen molar-refractivity contribution in [2.45, 2.75) is 32.7 Å². The van der Waals surface area contributed by atoms with Gasteiger partial charge in [-0.2, -0.15) is 0 Å². The van der Waals surface area contributed by atoms with Gasteiger partial charge in [-0.3, -0.25) is 9.69 Å². The highest BCUT2D eigenvalue weighted by molar-refractivity contribution is 5.78. The molecular weight excluding hydrogens is 330 g/mol. The Morgan fingerprint density at radius 1 is 1.42 bits per heavy atom. The van der Waals surface area contributed by atoms with Crippen LogP contribution < -0.4 is 4.74 Å². The van der Waals surface area contributed by atoms with Crippen LogP contribution in [0.4, 0.5) is 0 Å². The SMILES string of the molecule is CCOC(=O)C1(Cc2cccc(OC)c2)CCCN(Cc2cnc[nH]2)C1. The van der Waals surface area contributed by atoms with Gasteiger partial charge in [-0.05, 0) is 50.4 Å². The molecule has 0 aliphatic carbocycles. The predicted molar refractivity (Wildman–Crippen MR) is 98.9 cm³/mol. The molecule has 0 amide bonds. The fraction of sp³-hybridized carbons (Fsp3) is 0.500. The molecule has 1 N–H and O–H groups in total. The number of imidazole rings is 1. The van der Waals surface area contributed by atoms with E-state index in [2.05, 4.69) is 20.9 Å². The molecule has 2 heterocycles. The maximum absolute atomic E-state index is 12.9. The summed E-state index contributed by atoms with van der Waals surface area (Å²) < 4.78 is 10.8. The molecule has 1 aliphatic rings. The predicted octanol–water partition coefficient (Wildman–Crippen LogP) is 2.81. The Hall–Kier alpha value is -2.34. The third kappa shape index (κ3) is 4.25. The molecule has 0 saturated carbocycles. The second kappa shape index (κ2) is 8.36. The number of carbonyl (C=O) groups excluding carboxylic acids is 1. The van der Waals surface area contributed by atoms with Gasteiger partial charge in [0.2, 0.25) is 0 Å². The van der Waals surface area contributed by atoms with E-state index in [0.29, 0.717) is 19.6 Å². The van der Waals surface area contributed by atoms with Crippen LogP contribution in [0.25, 0.3) is 0 Å². The van der Waals surface area contributed by atoms with Gasteiger partial charge < -0.3 is 14.5 Å². The van der Waals surface area contributed by atoms with E-state index >= 15 is 0 Å². The molecular formula is C20H27N3O3. The zero-order valence-corrected chi connectivity index (χ0v) is 15.5. The van der Waals surface area contributed by atoms with Gasteiger partial charge in [-0.1, -0.05) is 12.1 Å². The number of ether oxygens (including phenoxy) is 2. The Kier molecular flexibility index (Phi) is 5.93. The van der Waals surface area contributed by atoms with Crippen molar-refractivity contribution < 1.29 is 14.3 Å². The molecule has 1 unspecified atom stereocenters. The van der Waals surface area contributed by atoms with E-state index in [1.807, 2.05) is 31.3 Å². The number of nitrogens with zero attached hydrogens (tertiary/aromatic N) is 2. The van der Waals surface area contributed by atoms with Crippen molar-refractivity contribution in [1.82, 2.24) is 14.9 Å². The van der Waals surface area contributed by atoms with Gasteiger partial charge >= 0.3 is 5.97 Å². The van der Waals surface area contributed by atoms with Gasteiger partial charge in [-0.25, -0.2) is 4.98 Å². The lowest BCUT2D eigenvalue weighted by Crippen LogP contribution is -2.49. The van der Waals surface area contributed by atoms with Crippen LogP contribution in [0.5, 0.6) is 5.75 Å². The van der Waals surface area contributed by atoms with Gasteiger partial charge in [0.05, 0.1) is 25.5 Å². The highest BCUT2D eigenvalue weighted by atomic mass is 16.5. The number of methoxy groups -OCH3 is 1. The zero-order chi connectivity index (χ0) is 18.4. The number of esters is 1. The van der Waals surface area contributed by atoms with Gasteiger partial charge in [0.1, 0.15) is 5.75 Å². The summed E-state index contributed by atoms with van der Waals surface area (Å²) in [7, 11) is 1.66. The minimum Gasteiger partial charge on any atom is -0.497 e. The Morgan fingerprint density at radius 2 is 2.31 bits per heavy atom. The molecule has 1 aromatic heterocycles. The fourth-order valence-corrected chi connectivity index (χ4v) is 3.81. The average Bonchev–Trinajstić information content (AvgIpc) is 3.15. The molecule has 1 saturated heterocycles. The quantitative estimate of drug-likeness (QED) is 0.772. The van der Waals surface area contributed by atoms with Crippen molar-refractivity contribution in [2.24, 2.45) is 5.41 Å². The minimum atomic E-state index is -0.527. The molecule has 3 rings (SSSR count). The summed E-state index contributed by atoms with van der Waals surface area (Å²) >= 11 is 0. The van der Waals surface area contributed by atoms with Crippen molar-refractivity contribution in [3.8, 4) is 5.75 Å². The molecule has 1 aliphatic heterocycles. The number of aromatic amines is 1. The number of aromatic nitrogens is 2. The maximum atomic E-state index is 12.9. The molecule has 6 nitrogen and oxygen atoms in total. The molecule has 6 heteroatoms. The summed E-state index contributed by atoms with van der Waals surface area (Å²) in [5, 5.41) is 0. The van der Waals surface area contributed by atoms with Crippen LogP contribution in [-0.2, 0) is 22.5 Å². The topological polar surface area (TPSA) is 67.5 Å². The van der Waals surface area contributed by atoms with Crippen LogP contribution in [-0.4, -0.2) is 47.6 Å². The molecule has 2 aromatic rings. The lowest BCUT2D eigenvalue weighted by atomic mass is 9.75. The van der Waals surface area contributed by atoms with Crippen LogP contribution in [0.15, 0.2) is 36.8 Å². The van der Waals surface area contributed by atoms with Crippen LogP contribution in [0.1, 0.15) is 31.0 Å². The summed E-state index contributed by atoms with van der Waals surface area (Å²) in [5.74, 6) is 0.712. The molecule has 140 valence electrons. The van der Waals surface area contributed by atoms with E-state index < -0.39 is 5.41 Å². The first-order valence-corrected chi connectivity index (χ1v) is 9.15. The van der Waals surface area contributed by atoms with E-state index in [0.717, 1.165) is 42.9 Å². The first kappa shape index (κ1) is 18.5. The molecule has 1 atom stereocenters. The number of hydrogen-bond acceptors (Lipinski definition) is 5. The number of hydrogen-bond donors (Lipinski definition) is 1. The van der Waals surface area contributed by atoms with Gasteiger partial charge in [0.15, 0.2) is 0 Å². The van der Waals surface area contributed by atoms with Crippen LogP contribution in [0, 0.1) is 5.41 Å². The molecule has 1 aromatic carbocycles. The third-order valence-electron chi connectivity index (χ3n) is 4.99. The number of H-pyrrole nitrogens is 1. The van der Waals surface area contributed by atoms with Crippen molar-refractivity contribution in [3.63, 3.8) is 0 Å². The second-order valence-corrected chi connectivity index (χ2v) is 6.92. The first-order valence-electron chi connectivity index (χ1n) is 9.15. The van der Waals surface area contributed by atoms with Crippen LogP contribution >= 0.6 is 0 Å². The summed E-state index contributed by atoms with van der Waals surface area (Å²) in [4.78, 5) is 22.5. The lowest BCUT2D eigenvalue weighted by Gasteiger charge is -2.41. The fourth-order valence-electron chi connectivity index (χ4n) is 3.81. The van der Waals surface area contributed by atoms with E-state index in [-0.39, 0.29) is 5.97 Å². The zero-order valence-electron chi connectivity index (χ0n) is 15.5. The number of nitrogens with one attached hydrogen (secondary N) is 1. The molecule has 26 heavy (non-hydrogen) atoms. The number of piperidine rings is 1. The minimum absolute atomic E-state index is 0.0999. The Bertz CT molecular complexity index is 717. The number of likely N-dealkylation sites (tertiary alicyclic amines) is 1. The van der Waals surface area contributed by atoms with Crippen molar-refractivity contribution in [2.75, 3.05) is 26.8 Å². The van der Waals surface area contributed by atoms with Gasteiger partial charge in [0, 0.05) is 25.0 Å². The maximum Gasteiger partial charge on any atom is 0.313 e. The van der Waals surface area contributed by atoms with E-state index in [4.69, 9.17) is 9.47 Å². The standard InChI is InChI=1S/C20H27N3O3/c1-3-26-19(24)20(11-16-6-4-7-18(10-16)25-2)8-5-9-23(14-20)13-17-12-21-15-22-17/h4,6-7,10,12,15H,3,5,8-9,11,13-14H2,1-2H3,(H,21,22). The number of rotatable bonds is 7. The third-order valence-corrected chi connectivity index (χ3v) is 4.99. The highest BCUT2D eigenvalue weighted by Gasteiger charge is 2.43. The second-order valence-electron chi connectivity index (χ2n) is 6.92. The normalized spacial score (nSPS) is 20.7. The number of benzene rings is 1. The van der Waals surface area contributed by atoms with Gasteiger partial charge in [0.25, 0.3) is 0 Å². The van der Waals surface area contributed by atoms with Crippen molar-refractivity contribution >= 4 is 5.97 Å². The highest BCUT2D eigenvalue weighted by Crippen LogP contribution is 2.36. The average molecular weight is 357 g/mol.